The van der Waals surface area contributed by atoms with Gasteiger partial charge in [-0.25, -0.2) is 4.98 Å². The normalized spacial score (nSPS) is 22.7. The monoisotopic (exact) mass is 277 g/mol. The Morgan fingerprint density at radius 3 is 2.65 bits per heavy atom. The molecule has 2 aromatic heterocycles. The Labute approximate surface area is 114 Å². The third-order valence-electron chi connectivity index (χ3n) is 3.52. The maximum absolute atomic E-state index is 12.6. The summed E-state index contributed by atoms with van der Waals surface area (Å²) in [6, 6.07) is 1.67. The molecule has 0 aliphatic carbocycles. The van der Waals surface area contributed by atoms with Gasteiger partial charge in [-0.05, 0) is 19.9 Å². The highest BCUT2D eigenvalue weighted by atomic mass is 16.5. The highest BCUT2D eigenvalue weighted by Gasteiger charge is 2.34. The van der Waals surface area contributed by atoms with E-state index in [2.05, 4.69) is 10.1 Å². The molecule has 0 aromatic carbocycles. The fourth-order valence-electron chi connectivity index (χ4n) is 2.49. The molecule has 106 valence electrons. The molecule has 0 unspecified atom stereocenters. The Bertz CT molecular complexity index is 672. The van der Waals surface area contributed by atoms with Crippen LogP contribution in [0, 0.1) is 13.8 Å². The van der Waals surface area contributed by atoms with E-state index in [1.165, 1.54) is 4.90 Å². The second-order valence-electron chi connectivity index (χ2n) is 5.10. The molecule has 7 heteroatoms. The first-order chi connectivity index (χ1) is 9.47. The molecule has 2 aromatic rings. The number of hydrogen-bond donors (Lipinski definition) is 2. The molecule has 2 N–H and O–H groups in total. The molecule has 0 radical (unpaired) electrons. The zero-order valence-corrected chi connectivity index (χ0v) is 11.2. The summed E-state index contributed by atoms with van der Waals surface area (Å²) < 4.78 is 5.09. The number of aliphatic hydroxyl groups is 2. The van der Waals surface area contributed by atoms with Crippen molar-refractivity contribution >= 4 is 17.0 Å². The molecule has 3 rings (SSSR count). The number of hydrogen-bond acceptors (Lipinski definition) is 6. The van der Waals surface area contributed by atoms with Crippen LogP contribution < -0.4 is 0 Å². The van der Waals surface area contributed by atoms with Crippen LogP contribution in [-0.2, 0) is 0 Å². The number of rotatable bonds is 1. The van der Waals surface area contributed by atoms with Crippen LogP contribution in [0.5, 0.6) is 0 Å². The molecule has 3 heterocycles. The van der Waals surface area contributed by atoms with Crippen molar-refractivity contribution in [2.75, 3.05) is 13.1 Å². The Balaban J connectivity index is 2.05. The van der Waals surface area contributed by atoms with E-state index in [1.807, 2.05) is 0 Å². The second kappa shape index (κ2) is 4.53. The van der Waals surface area contributed by atoms with Gasteiger partial charge in [0, 0.05) is 18.8 Å². The molecule has 0 spiro atoms. The lowest BCUT2D eigenvalue weighted by molar-refractivity contribution is 0.0572. The number of aryl methyl sites for hydroxylation is 2. The first-order valence-corrected chi connectivity index (χ1v) is 6.36. The number of aliphatic hydroxyl groups excluding tert-OH is 2. The number of β-amino-alcohol motifs (C(OH)–C–C–N with tert-alkyl or cyclic N) is 2. The maximum atomic E-state index is 12.6. The fourth-order valence-corrected chi connectivity index (χ4v) is 2.49. The van der Waals surface area contributed by atoms with Crippen LogP contribution in [0.15, 0.2) is 10.6 Å². The molecule has 20 heavy (non-hydrogen) atoms. The number of amides is 1. The molecule has 1 aliphatic heterocycles. The molecule has 1 amide bonds. The van der Waals surface area contributed by atoms with Crippen LogP contribution in [0.4, 0.5) is 0 Å². The molecule has 0 saturated carbocycles. The van der Waals surface area contributed by atoms with Crippen LogP contribution in [0.3, 0.4) is 0 Å². The minimum atomic E-state index is -0.902. The molecular weight excluding hydrogens is 262 g/mol. The van der Waals surface area contributed by atoms with E-state index in [-0.39, 0.29) is 19.0 Å². The summed E-state index contributed by atoms with van der Waals surface area (Å²) in [7, 11) is 0. The number of aromatic nitrogens is 2. The van der Waals surface area contributed by atoms with Crippen molar-refractivity contribution in [2.24, 2.45) is 0 Å². The molecule has 1 saturated heterocycles. The summed E-state index contributed by atoms with van der Waals surface area (Å²) in [5.41, 5.74) is 2.01. The Morgan fingerprint density at radius 2 is 2.00 bits per heavy atom. The Morgan fingerprint density at radius 1 is 1.35 bits per heavy atom. The van der Waals surface area contributed by atoms with Gasteiger partial charge in [0.25, 0.3) is 11.6 Å². The van der Waals surface area contributed by atoms with Gasteiger partial charge in [0.05, 0.1) is 28.9 Å². The summed E-state index contributed by atoms with van der Waals surface area (Å²) in [4.78, 5) is 18.2. The van der Waals surface area contributed by atoms with E-state index >= 15 is 0 Å². The molecule has 1 aliphatic rings. The highest BCUT2D eigenvalue weighted by molar-refractivity contribution is 6.06. The van der Waals surface area contributed by atoms with Gasteiger partial charge < -0.3 is 19.6 Å². The lowest BCUT2D eigenvalue weighted by atomic mass is 10.1. The fraction of sp³-hybridized carbons (Fsp3) is 0.462. The average Bonchev–Trinajstić information content (AvgIpc) is 2.92. The second-order valence-corrected chi connectivity index (χ2v) is 5.10. The molecule has 2 atom stereocenters. The third kappa shape index (κ3) is 1.95. The molecule has 0 bridgehead atoms. The lowest BCUT2D eigenvalue weighted by Crippen LogP contribution is -2.30. The first-order valence-electron chi connectivity index (χ1n) is 6.36. The summed E-state index contributed by atoms with van der Waals surface area (Å²) >= 11 is 0. The maximum Gasteiger partial charge on any atom is 0.258 e. The SMILES string of the molecule is Cc1cc(C(=O)N2C[C@@H](O)[C@@H](O)C2)c2c(C)noc2n1. The van der Waals surface area contributed by atoms with E-state index in [1.54, 1.807) is 19.9 Å². The van der Waals surface area contributed by atoms with Gasteiger partial charge in [0.2, 0.25) is 0 Å². The number of fused-ring (bicyclic) bond motifs is 1. The van der Waals surface area contributed by atoms with E-state index < -0.39 is 12.2 Å². The summed E-state index contributed by atoms with van der Waals surface area (Å²) in [6.45, 7) is 3.75. The zero-order valence-electron chi connectivity index (χ0n) is 11.2. The molecule has 1 fully saturated rings. The van der Waals surface area contributed by atoms with Gasteiger partial charge in [0.15, 0.2) is 0 Å². The predicted molar refractivity (Wildman–Crippen MR) is 69.2 cm³/mol. The van der Waals surface area contributed by atoms with Crippen molar-refractivity contribution in [1.82, 2.24) is 15.0 Å². The number of carbonyl (C=O) groups excluding carboxylic acids is 1. The van der Waals surface area contributed by atoms with Gasteiger partial charge in [0.1, 0.15) is 0 Å². The Hall–Kier alpha value is -1.99. The third-order valence-corrected chi connectivity index (χ3v) is 3.52. The van der Waals surface area contributed by atoms with Gasteiger partial charge in [-0.2, -0.15) is 0 Å². The van der Waals surface area contributed by atoms with Crippen molar-refractivity contribution in [2.45, 2.75) is 26.1 Å². The van der Waals surface area contributed by atoms with Gasteiger partial charge in [-0.3, -0.25) is 4.79 Å². The van der Waals surface area contributed by atoms with Crippen LogP contribution in [-0.4, -0.2) is 56.5 Å². The van der Waals surface area contributed by atoms with Crippen molar-refractivity contribution in [3.8, 4) is 0 Å². The average molecular weight is 277 g/mol. The minimum absolute atomic E-state index is 0.118. The highest BCUT2D eigenvalue weighted by Crippen LogP contribution is 2.24. The van der Waals surface area contributed by atoms with Crippen molar-refractivity contribution in [1.29, 1.82) is 0 Å². The van der Waals surface area contributed by atoms with Crippen molar-refractivity contribution in [3.05, 3.63) is 23.0 Å². The lowest BCUT2D eigenvalue weighted by Gasteiger charge is -2.16. The number of nitrogens with zero attached hydrogens (tertiary/aromatic N) is 3. The van der Waals surface area contributed by atoms with Crippen molar-refractivity contribution < 1.29 is 19.5 Å². The smallest absolute Gasteiger partial charge is 0.258 e. The Kier molecular flexibility index (Phi) is 2.95. The van der Waals surface area contributed by atoms with Crippen LogP contribution >= 0.6 is 0 Å². The minimum Gasteiger partial charge on any atom is -0.388 e. The van der Waals surface area contributed by atoms with Gasteiger partial charge in [-0.15, -0.1) is 0 Å². The van der Waals surface area contributed by atoms with E-state index in [0.717, 1.165) is 0 Å². The van der Waals surface area contributed by atoms with Crippen molar-refractivity contribution in [3.63, 3.8) is 0 Å². The predicted octanol–water partition coefficient (Wildman–Crippen LogP) is 0.0172. The largest absolute Gasteiger partial charge is 0.388 e. The topological polar surface area (TPSA) is 99.7 Å². The standard InChI is InChI=1S/C13H15N3O4/c1-6-3-8(11-7(2)15-20-12(11)14-6)13(19)16-4-9(17)10(18)5-16/h3,9-10,17-18H,4-5H2,1-2H3/t9-,10+. The summed E-state index contributed by atoms with van der Waals surface area (Å²) in [5, 5.41) is 23.5. The van der Waals surface area contributed by atoms with Crippen LogP contribution in [0.1, 0.15) is 21.7 Å². The summed E-state index contributed by atoms with van der Waals surface area (Å²) in [6.07, 6.45) is -1.80. The number of likely N-dealkylation sites (tertiary alicyclic amines) is 1. The first kappa shape index (κ1) is 13.0. The van der Waals surface area contributed by atoms with E-state index in [9.17, 15) is 15.0 Å². The zero-order chi connectivity index (χ0) is 14.4. The van der Waals surface area contributed by atoms with E-state index in [0.29, 0.717) is 28.1 Å². The van der Waals surface area contributed by atoms with Crippen LogP contribution in [0.25, 0.3) is 11.1 Å². The summed E-state index contributed by atoms with van der Waals surface area (Å²) in [5.74, 6) is -0.262. The number of pyridine rings is 1. The number of carbonyl (C=O) groups is 1. The quantitative estimate of drug-likeness (QED) is 0.762. The van der Waals surface area contributed by atoms with Gasteiger partial charge in [-0.1, -0.05) is 5.16 Å². The van der Waals surface area contributed by atoms with E-state index in [4.69, 9.17) is 4.52 Å². The van der Waals surface area contributed by atoms with Crippen LogP contribution in [0.2, 0.25) is 0 Å². The van der Waals surface area contributed by atoms with Gasteiger partial charge >= 0.3 is 0 Å². The molecule has 7 nitrogen and oxygen atoms in total. The molecular formula is C13H15N3O4.